The van der Waals surface area contributed by atoms with Crippen LogP contribution in [-0.2, 0) is 4.79 Å². The fourth-order valence-electron chi connectivity index (χ4n) is 3.26. The molecule has 0 bridgehead atoms. The molecule has 0 saturated carbocycles. The van der Waals surface area contributed by atoms with Gasteiger partial charge in [-0.1, -0.05) is 17.7 Å². The molecule has 1 N–H and O–H groups in total. The van der Waals surface area contributed by atoms with E-state index in [-0.39, 0.29) is 24.5 Å². The van der Waals surface area contributed by atoms with E-state index < -0.39 is 0 Å². The van der Waals surface area contributed by atoms with Gasteiger partial charge >= 0.3 is 0 Å². The molecule has 2 aromatic rings. The zero-order valence-electron chi connectivity index (χ0n) is 14.5. The van der Waals surface area contributed by atoms with Crippen molar-refractivity contribution >= 4 is 17.5 Å². The van der Waals surface area contributed by atoms with Crippen molar-refractivity contribution in [3.05, 3.63) is 53.6 Å². The number of rotatable bonds is 4. The third kappa shape index (κ3) is 3.22. The second kappa shape index (κ2) is 6.71. The first kappa shape index (κ1) is 16.4. The van der Waals surface area contributed by atoms with Gasteiger partial charge in [-0.2, -0.15) is 0 Å². The SMILES string of the molecule is Cc1ccc(C(=O)NCC2CC(=O)N(c3ccc4c(c3)OCO4)C2)cc1. The van der Waals surface area contributed by atoms with Crippen molar-refractivity contribution in [3.8, 4) is 11.5 Å². The van der Waals surface area contributed by atoms with Gasteiger partial charge in [-0.15, -0.1) is 0 Å². The Hall–Kier alpha value is -3.02. The normalized spacial score (nSPS) is 18.3. The number of hydrogen-bond acceptors (Lipinski definition) is 4. The number of hydrogen-bond donors (Lipinski definition) is 1. The number of benzene rings is 2. The number of carbonyl (C=O) groups is 2. The van der Waals surface area contributed by atoms with E-state index in [9.17, 15) is 9.59 Å². The van der Waals surface area contributed by atoms with E-state index in [2.05, 4.69) is 5.32 Å². The second-order valence-corrected chi connectivity index (χ2v) is 6.69. The molecule has 2 aromatic carbocycles. The van der Waals surface area contributed by atoms with Crippen LogP contribution < -0.4 is 19.7 Å². The number of ether oxygens (including phenoxy) is 2. The molecular formula is C20H20N2O4. The fourth-order valence-corrected chi connectivity index (χ4v) is 3.26. The first-order valence-corrected chi connectivity index (χ1v) is 8.65. The predicted octanol–water partition coefficient (Wildman–Crippen LogP) is 2.51. The highest BCUT2D eigenvalue weighted by atomic mass is 16.7. The monoisotopic (exact) mass is 352 g/mol. The number of nitrogens with one attached hydrogen (secondary N) is 1. The molecule has 134 valence electrons. The van der Waals surface area contributed by atoms with Gasteiger partial charge < -0.3 is 19.7 Å². The Labute approximate surface area is 151 Å². The van der Waals surface area contributed by atoms with E-state index in [1.807, 2.05) is 49.4 Å². The molecule has 26 heavy (non-hydrogen) atoms. The van der Waals surface area contributed by atoms with Crippen molar-refractivity contribution < 1.29 is 19.1 Å². The van der Waals surface area contributed by atoms with Crippen LogP contribution in [0, 0.1) is 12.8 Å². The summed E-state index contributed by atoms with van der Waals surface area (Å²) in [6.07, 6.45) is 0.419. The summed E-state index contributed by atoms with van der Waals surface area (Å²) in [4.78, 5) is 26.4. The lowest BCUT2D eigenvalue weighted by Gasteiger charge is -2.17. The van der Waals surface area contributed by atoms with Crippen LogP contribution in [0.4, 0.5) is 5.69 Å². The summed E-state index contributed by atoms with van der Waals surface area (Å²) in [7, 11) is 0. The molecule has 1 unspecified atom stereocenters. The topological polar surface area (TPSA) is 67.9 Å². The van der Waals surface area contributed by atoms with Gasteiger partial charge in [-0.05, 0) is 31.2 Å². The summed E-state index contributed by atoms with van der Waals surface area (Å²) >= 11 is 0. The summed E-state index contributed by atoms with van der Waals surface area (Å²) in [6.45, 7) is 3.24. The lowest BCUT2D eigenvalue weighted by atomic mass is 10.1. The van der Waals surface area contributed by atoms with Crippen molar-refractivity contribution in [2.24, 2.45) is 5.92 Å². The van der Waals surface area contributed by atoms with Crippen molar-refractivity contribution in [2.75, 3.05) is 24.8 Å². The van der Waals surface area contributed by atoms with Crippen LogP contribution in [0.25, 0.3) is 0 Å². The average Bonchev–Trinajstić information content (AvgIpc) is 3.25. The molecule has 1 saturated heterocycles. The Morgan fingerprint density at radius 1 is 1.15 bits per heavy atom. The van der Waals surface area contributed by atoms with Gasteiger partial charge in [-0.3, -0.25) is 9.59 Å². The van der Waals surface area contributed by atoms with E-state index >= 15 is 0 Å². The van der Waals surface area contributed by atoms with Crippen molar-refractivity contribution in [1.82, 2.24) is 5.32 Å². The molecule has 0 aliphatic carbocycles. The highest BCUT2D eigenvalue weighted by Crippen LogP contribution is 2.37. The third-order valence-corrected chi connectivity index (χ3v) is 4.74. The molecule has 6 heteroatoms. The quantitative estimate of drug-likeness (QED) is 0.918. The minimum Gasteiger partial charge on any atom is -0.454 e. The van der Waals surface area contributed by atoms with E-state index in [1.54, 1.807) is 4.90 Å². The molecule has 2 heterocycles. The van der Waals surface area contributed by atoms with Crippen LogP contribution >= 0.6 is 0 Å². The first-order valence-electron chi connectivity index (χ1n) is 8.65. The van der Waals surface area contributed by atoms with Crippen molar-refractivity contribution in [2.45, 2.75) is 13.3 Å². The highest BCUT2D eigenvalue weighted by Gasteiger charge is 2.31. The van der Waals surface area contributed by atoms with Gasteiger partial charge in [0.2, 0.25) is 12.7 Å². The summed E-state index contributed by atoms with van der Waals surface area (Å²) in [6, 6.07) is 12.9. The molecule has 0 aromatic heterocycles. The predicted molar refractivity (Wildman–Crippen MR) is 96.5 cm³/mol. The van der Waals surface area contributed by atoms with Gasteiger partial charge in [0.1, 0.15) is 0 Å². The standard InChI is InChI=1S/C20H20N2O4/c1-13-2-4-15(5-3-13)20(24)21-10-14-8-19(23)22(11-14)16-6-7-17-18(9-16)26-12-25-17/h2-7,9,14H,8,10-12H2,1H3,(H,21,24). The van der Waals surface area contributed by atoms with Crippen LogP contribution in [0.1, 0.15) is 22.3 Å². The summed E-state index contributed by atoms with van der Waals surface area (Å²) < 4.78 is 10.7. The van der Waals surface area contributed by atoms with Gasteiger partial charge in [0.15, 0.2) is 11.5 Å². The molecule has 0 spiro atoms. The summed E-state index contributed by atoms with van der Waals surface area (Å²) in [5.74, 6) is 1.38. The lowest BCUT2D eigenvalue weighted by molar-refractivity contribution is -0.117. The van der Waals surface area contributed by atoms with E-state index in [4.69, 9.17) is 9.47 Å². The van der Waals surface area contributed by atoms with E-state index in [1.165, 1.54) is 0 Å². The molecular weight excluding hydrogens is 332 g/mol. The Morgan fingerprint density at radius 3 is 2.73 bits per heavy atom. The van der Waals surface area contributed by atoms with Crippen LogP contribution in [0.15, 0.2) is 42.5 Å². The molecule has 2 amide bonds. The van der Waals surface area contributed by atoms with Crippen LogP contribution in [0.2, 0.25) is 0 Å². The van der Waals surface area contributed by atoms with Crippen LogP contribution in [0.5, 0.6) is 11.5 Å². The maximum atomic E-state index is 12.4. The third-order valence-electron chi connectivity index (χ3n) is 4.74. The van der Waals surface area contributed by atoms with E-state index in [0.717, 1.165) is 11.3 Å². The Balaban J connectivity index is 1.37. The van der Waals surface area contributed by atoms with Crippen LogP contribution in [-0.4, -0.2) is 31.7 Å². The van der Waals surface area contributed by atoms with Crippen molar-refractivity contribution in [3.63, 3.8) is 0 Å². The maximum absolute atomic E-state index is 12.4. The average molecular weight is 352 g/mol. The minimum atomic E-state index is -0.112. The summed E-state index contributed by atoms with van der Waals surface area (Å²) in [5, 5.41) is 2.93. The molecule has 4 rings (SSSR count). The van der Waals surface area contributed by atoms with E-state index in [0.29, 0.717) is 36.6 Å². The number of anilines is 1. The number of carbonyl (C=O) groups excluding carboxylic acids is 2. The molecule has 6 nitrogen and oxygen atoms in total. The van der Waals surface area contributed by atoms with Gasteiger partial charge in [0.25, 0.3) is 5.91 Å². The number of aryl methyl sites for hydroxylation is 1. The Kier molecular flexibility index (Phi) is 4.24. The molecule has 1 fully saturated rings. The Bertz CT molecular complexity index is 847. The largest absolute Gasteiger partial charge is 0.454 e. The lowest BCUT2D eigenvalue weighted by Crippen LogP contribution is -2.31. The molecule has 2 aliphatic rings. The second-order valence-electron chi connectivity index (χ2n) is 6.69. The van der Waals surface area contributed by atoms with Crippen LogP contribution in [0.3, 0.4) is 0 Å². The number of amides is 2. The van der Waals surface area contributed by atoms with Gasteiger partial charge in [0, 0.05) is 42.7 Å². The van der Waals surface area contributed by atoms with Gasteiger partial charge in [-0.25, -0.2) is 0 Å². The molecule has 2 aliphatic heterocycles. The molecule has 0 radical (unpaired) electrons. The first-order chi connectivity index (χ1) is 12.6. The smallest absolute Gasteiger partial charge is 0.251 e. The molecule has 1 atom stereocenters. The summed E-state index contributed by atoms with van der Waals surface area (Å²) in [5.41, 5.74) is 2.54. The Morgan fingerprint density at radius 2 is 1.92 bits per heavy atom. The highest BCUT2D eigenvalue weighted by molar-refractivity contribution is 5.96. The maximum Gasteiger partial charge on any atom is 0.251 e. The van der Waals surface area contributed by atoms with Crippen molar-refractivity contribution in [1.29, 1.82) is 0 Å². The van der Waals surface area contributed by atoms with Gasteiger partial charge in [0.05, 0.1) is 0 Å². The zero-order valence-corrected chi connectivity index (χ0v) is 14.5. The zero-order chi connectivity index (χ0) is 18.1. The fraction of sp³-hybridized carbons (Fsp3) is 0.300. The number of fused-ring (bicyclic) bond motifs is 1. The number of nitrogens with zero attached hydrogens (tertiary/aromatic N) is 1. The minimum absolute atomic E-state index is 0.0541.